The van der Waals surface area contributed by atoms with Gasteiger partial charge in [-0.15, -0.1) is 0 Å². The Balaban J connectivity index is 2.01. The molecule has 21 heavy (non-hydrogen) atoms. The fourth-order valence-corrected chi connectivity index (χ4v) is 2.99. The van der Waals surface area contributed by atoms with Gasteiger partial charge in [0.2, 0.25) is 0 Å². The topological polar surface area (TPSA) is 26.3 Å². The van der Waals surface area contributed by atoms with Crippen molar-refractivity contribution < 1.29 is 9.53 Å². The SMILES string of the molecule is CCCC(OC(=O)c1ccccc1)Sc1ccc(C)cc1. The lowest BCUT2D eigenvalue weighted by Gasteiger charge is -2.17. The van der Waals surface area contributed by atoms with Crippen LogP contribution in [0.1, 0.15) is 35.7 Å². The van der Waals surface area contributed by atoms with Gasteiger partial charge in [0.15, 0.2) is 5.44 Å². The normalized spacial score (nSPS) is 11.9. The number of hydrogen-bond acceptors (Lipinski definition) is 3. The van der Waals surface area contributed by atoms with Crippen molar-refractivity contribution in [3.63, 3.8) is 0 Å². The summed E-state index contributed by atoms with van der Waals surface area (Å²) in [5.41, 5.74) is 1.68. The molecule has 0 heterocycles. The molecule has 0 aliphatic rings. The van der Waals surface area contributed by atoms with Gasteiger partial charge in [-0.25, -0.2) is 4.79 Å². The molecular formula is C18H20O2S. The minimum absolute atomic E-state index is 0.148. The molecule has 0 radical (unpaired) electrons. The van der Waals surface area contributed by atoms with E-state index >= 15 is 0 Å². The molecular weight excluding hydrogens is 280 g/mol. The lowest BCUT2D eigenvalue weighted by atomic mass is 10.2. The van der Waals surface area contributed by atoms with Gasteiger partial charge in [-0.1, -0.05) is 61.0 Å². The predicted molar refractivity (Wildman–Crippen MR) is 87.6 cm³/mol. The van der Waals surface area contributed by atoms with Gasteiger partial charge in [0.05, 0.1) is 5.56 Å². The molecule has 0 saturated carbocycles. The molecule has 0 aliphatic carbocycles. The highest BCUT2D eigenvalue weighted by atomic mass is 32.2. The van der Waals surface area contributed by atoms with Crippen molar-refractivity contribution in [1.29, 1.82) is 0 Å². The zero-order chi connectivity index (χ0) is 15.1. The summed E-state index contributed by atoms with van der Waals surface area (Å²) in [4.78, 5) is 13.3. The van der Waals surface area contributed by atoms with E-state index in [1.165, 1.54) is 5.56 Å². The molecule has 0 amide bonds. The van der Waals surface area contributed by atoms with Gasteiger partial charge < -0.3 is 4.74 Å². The molecule has 1 atom stereocenters. The summed E-state index contributed by atoms with van der Waals surface area (Å²) in [7, 11) is 0. The van der Waals surface area contributed by atoms with E-state index < -0.39 is 0 Å². The number of aryl methyl sites for hydroxylation is 1. The molecule has 2 rings (SSSR count). The molecule has 2 aromatic rings. The summed E-state index contributed by atoms with van der Waals surface area (Å²) >= 11 is 1.60. The summed E-state index contributed by atoms with van der Waals surface area (Å²) in [6.45, 7) is 4.16. The lowest BCUT2D eigenvalue weighted by Crippen LogP contribution is -2.15. The molecule has 1 unspecified atom stereocenters. The van der Waals surface area contributed by atoms with Crippen LogP contribution < -0.4 is 0 Å². The van der Waals surface area contributed by atoms with E-state index in [1.54, 1.807) is 23.9 Å². The summed E-state index contributed by atoms with van der Waals surface area (Å²) in [6, 6.07) is 17.4. The first kappa shape index (κ1) is 15.6. The Bertz CT molecular complexity index is 564. The average Bonchev–Trinajstić information content (AvgIpc) is 2.50. The second-order valence-electron chi connectivity index (χ2n) is 4.92. The van der Waals surface area contributed by atoms with Crippen molar-refractivity contribution in [3.8, 4) is 0 Å². The van der Waals surface area contributed by atoms with Crippen LogP contribution in [0, 0.1) is 6.92 Å². The molecule has 0 aromatic heterocycles. The third-order valence-corrected chi connectivity index (χ3v) is 4.20. The number of benzene rings is 2. The van der Waals surface area contributed by atoms with Crippen LogP contribution in [-0.2, 0) is 4.74 Å². The summed E-state index contributed by atoms with van der Waals surface area (Å²) in [5, 5.41) is 0. The maximum atomic E-state index is 12.1. The first-order valence-electron chi connectivity index (χ1n) is 7.18. The number of ether oxygens (including phenoxy) is 1. The van der Waals surface area contributed by atoms with Crippen LogP contribution >= 0.6 is 11.8 Å². The number of hydrogen-bond donors (Lipinski definition) is 0. The molecule has 0 N–H and O–H groups in total. The van der Waals surface area contributed by atoms with Crippen molar-refractivity contribution in [1.82, 2.24) is 0 Å². The first-order valence-corrected chi connectivity index (χ1v) is 8.06. The highest BCUT2D eigenvalue weighted by molar-refractivity contribution is 7.99. The Labute approximate surface area is 130 Å². The van der Waals surface area contributed by atoms with Crippen LogP contribution in [-0.4, -0.2) is 11.4 Å². The Morgan fingerprint density at radius 3 is 2.38 bits per heavy atom. The van der Waals surface area contributed by atoms with Crippen LogP contribution in [0.2, 0.25) is 0 Å². The fourth-order valence-electron chi connectivity index (χ4n) is 1.91. The predicted octanol–water partition coefficient (Wildman–Crippen LogP) is 5.07. The quantitative estimate of drug-likeness (QED) is 0.423. The molecule has 3 heteroatoms. The van der Waals surface area contributed by atoms with Crippen LogP contribution in [0.3, 0.4) is 0 Å². The molecule has 0 aliphatic heterocycles. The molecule has 0 spiro atoms. The number of esters is 1. The minimum atomic E-state index is -0.256. The zero-order valence-corrected chi connectivity index (χ0v) is 13.2. The maximum absolute atomic E-state index is 12.1. The molecule has 0 bridgehead atoms. The Morgan fingerprint density at radius 1 is 1.10 bits per heavy atom. The van der Waals surface area contributed by atoms with E-state index in [4.69, 9.17) is 4.74 Å². The van der Waals surface area contributed by atoms with E-state index in [9.17, 15) is 4.79 Å². The van der Waals surface area contributed by atoms with Gasteiger partial charge in [-0.05, 0) is 37.6 Å². The lowest BCUT2D eigenvalue weighted by molar-refractivity contribution is 0.0447. The maximum Gasteiger partial charge on any atom is 0.339 e. The van der Waals surface area contributed by atoms with Crippen molar-refractivity contribution >= 4 is 17.7 Å². The van der Waals surface area contributed by atoms with Gasteiger partial charge in [-0.2, -0.15) is 0 Å². The number of carbonyl (C=O) groups excluding carboxylic acids is 1. The molecule has 2 aromatic carbocycles. The first-order chi connectivity index (χ1) is 10.2. The van der Waals surface area contributed by atoms with Gasteiger partial charge in [0.1, 0.15) is 0 Å². The van der Waals surface area contributed by atoms with E-state index in [1.807, 2.05) is 18.2 Å². The van der Waals surface area contributed by atoms with Gasteiger partial charge >= 0.3 is 5.97 Å². The van der Waals surface area contributed by atoms with Crippen molar-refractivity contribution in [2.24, 2.45) is 0 Å². The minimum Gasteiger partial charge on any atom is -0.447 e. The van der Waals surface area contributed by atoms with E-state index in [0.717, 1.165) is 17.7 Å². The monoisotopic (exact) mass is 300 g/mol. The Hall–Kier alpha value is -1.74. The third kappa shape index (κ3) is 4.94. The van der Waals surface area contributed by atoms with Gasteiger partial charge in [0.25, 0.3) is 0 Å². The number of carbonyl (C=O) groups is 1. The summed E-state index contributed by atoms with van der Waals surface area (Å²) in [5.74, 6) is -0.256. The third-order valence-electron chi connectivity index (χ3n) is 3.06. The number of thioether (sulfide) groups is 1. The van der Waals surface area contributed by atoms with Gasteiger partial charge in [0, 0.05) is 4.90 Å². The van der Waals surface area contributed by atoms with E-state index in [2.05, 4.69) is 38.1 Å². The Kier molecular flexibility index (Phi) is 5.88. The van der Waals surface area contributed by atoms with Crippen LogP contribution in [0.5, 0.6) is 0 Å². The smallest absolute Gasteiger partial charge is 0.339 e. The van der Waals surface area contributed by atoms with Gasteiger partial charge in [-0.3, -0.25) is 0 Å². The van der Waals surface area contributed by atoms with Crippen LogP contribution in [0.4, 0.5) is 0 Å². The van der Waals surface area contributed by atoms with E-state index in [-0.39, 0.29) is 11.4 Å². The fraction of sp³-hybridized carbons (Fsp3) is 0.278. The second kappa shape index (κ2) is 7.89. The highest BCUT2D eigenvalue weighted by Gasteiger charge is 2.16. The highest BCUT2D eigenvalue weighted by Crippen LogP contribution is 2.28. The summed E-state index contributed by atoms with van der Waals surface area (Å²) in [6.07, 6.45) is 1.82. The largest absolute Gasteiger partial charge is 0.447 e. The Morgan fingerprint density at radius 2 is 1.76 bits per heavy atom. The number of rotatable bonds is 6. The van der Waals surface area contributed by atoms with Crippen molar-refractivity contribution in [2.45, 2.75) is 37.0 Å². The van der Waals surface area contributed by atoms with Crippen LogP contribution in [0.25, 0.3) is 0 Å². The van der Waals surface area contributed by atoms with Crippen molar-refractivity contribution in [3.05, 3.63) is 65.7 Å². The standard InChI is InChI=1S/C18H20O2S/c1-3-7-17(21-16-12-10-14(2)11-13-16)20-18(19)15-8-5-4-6-9-15/h4-6,8-13,17H,3,7H2,1-2H3. The second-order valence-corrected chi connectivity index (χ2v) is 6.15. The summed E-state index contributed by atoms with van der Waals surface area (Å²) < 4.78 is 5.64. The van der Waals surface area contributed by atoms with E-state index in [0.29, 0.717) is 5.56 Å². The van der Waals surface area contributed by atoms with Crippen molar-refractivity contribution in [2.75, 3.05) is 0 Å². The molecule has 2 nitrogen and oxygen atoms in total. The zero-order valence-electron chi connectivity index (χ0n) is 12.4. The van der Waals surface area contributed by atoms with Crippen LogP contribution in [0.15, 0.2) is 59.5 Å². The molecule has 0 saturated heterocycles. The average molecular weight is 300 g/mol. The molecule has 0 fully saturated rings. The molecule has 110 valence electrons.